The Labute approximate surface area is 232 Å². The Balaban J connectivity index is 1.23. The fourth-order valence-corrected chi connectivity index (χ4v) is 5.73. The number of carbonyl (C=O) groups is 1. The molecule has 5 aromatic rings. The van der Waals surface area contributed by atoms with Gasteiger partial charge in [-0.05, 0) is 71.3 Å². The van der Waals surface area contributed by atoms with Gasteiger partial charge < -0.3 is 15.1 Å². The number of benzene rings is 4. The fraction of sp³-hybridized carbons (Fsp3) is 0.0606. The van der Waals surface area contributed by atoms with E-state index in [1.807, 2.05) is 37.4 Å². The average molecular weight is 529 g/mol. The van der Waals surface area contributed by atoms with E-state index >= 15 is 0 Å². The largest absolute Gasteiger partial charge is 0.338 e. The van der Waals surface area contributed by atoms with Crippen molar-refractivity contribution in [1.82, 2.24) is 10.2 Å². The summed E-state index contributed by atoms with van der Waals surface area (Å²) in [5.41, 5.74) is 13.1. The zero-order valence-electron chi connectivity index (χ0n) is 21.5. The van der Waals surface area contributed by atoms with E-state index in [9.17, 15) is 4.79 Å². The predicted molar refractivity (Wildman–Crippen MR) is 162 cm³/mol. The quantitative estimate of drug-likeness (QED) is 0.229. The SMILES string of the molecule is CN1/C(=C\c2ccc(-c3ccc(-c4ccc(N(c5ccccc5)c5ccccc5)cc4)s3)cc2)C(=O)NC1N. The predicted octanol–water partition coefficient (Wildman–Crippen LogP) is 7.20. The molecule has 1 amide bonds. The maximum Gasteiger partial charge on any atom is 0.270 e. The van der Waals surface area contributed by atoms with Crippen LogP contribution in [0, 0.1) is 0 Å². The minimum Gasteiger partial charge on any atom is -0.338 e. The third-order valence-corrected chi connectivity index (χ3v) is 8.04. The molecule has 0 bridgehead atoms. The van der Waals surface area contributed by atoms with Crippen LogP contribution < -0.4 is 16.0 Å². The maximum atomic E-state index is 12.1. The lowest BCUT2D eigenvalue weighted by Gasteiger charge is -2.25. The molecule has 0 saturated carbocycles. The van der Waals surface area contributed by atoms with Gasteiger partial charge in [-0.2, -0.15) is 0 Å². The molecule has 5 nitrogen and oxygen atoms in total. The van der Waals surface area contributed by atoms with Gasteiger partial charge in [0.25, 0.3) is 5.91 Å². The summed E-state index contributed by atoms with van der Waals surface area (Å²) >= 11 is 1.77. The zero-order chi connectivity index (χ0) is 26.8. The molecule has 1 fully saturated rings. The molecule has 1 aliphatic heterocycles. The summed E-state index contributed by atoms with van der Waals surface area (Å²) in [6.07, 6.45) is 1.38. The first-order valence-corrected chi connectivity index (χ1v) is 13.6. The number of rotatable bonds is 6. The second-order valence-electron chi connectivity index (χ2n) is 9.40. The highest BCUT2D eigenvalue weighted by molar-refractivity contribution is 7.18. The van der Waals surface area contributed by atoms with Gasteiger partial charge in [0.05, 0.1) is 0 Å². The number of carbonyl (C=O) groups excluding carboxylic acids is 1. The van der Waals surface area contributed by atoms with Crippen molar-refractivity contribution in [2.24, 2.45) is 5.73 Å². The molecule has 1 saturated heterocycles. The van der Waals surface area contributed by atoms with E-state index in [0.717, 1.165) is 28.2 Å². The number of anilines is 3. The van der Waals surface area contributed by atoms with Crippen molar-refractivity contribution in [2.45, 2.75) is 6.29 Å². The number of hydrogen-bond donors (Lipinski definition) is 2. The summed E-state index contributed by atoms with van der Waals surface area (Å²) in [7, 11) is 1.81. The van der Waals surface area contributed by atoms with Crippen LogP contribution >= 0.6 is 11.3 Å². The summed E-state index contributed by atoms with van der Waals surface area (Å²) < 4.78 is 0. The van der Waals surface area contributed by atoms with Crippen molar-refractivity contribution in [2.75, 3.05) is 11.9 Å². The molecule has 0 aliphatic carbocycles. The van der Waals surface area contributed by atoms with Crippen LogP contribution in [0.1, 0.15) is 5.56 Å². The van der Waals surface area contributed by atoms with Crippen LogP contribution in [0.15, 0.2) is 127 Å². The molecule has 6 rings (SSSR count). The van der Waals surface area contributed by atoms with Crippen molar-refractivity contribution in [3.63, 3.8) is 0 Å². The normalized spacial score (nSPS) is 15.9. The first-order chi connectivity index (χ1) is 19.1. The lowest BCUT2D eigenvalue weighted by molar-refractivity contribution is -0.116. The summed E-state index contributed by atoms with van der Waals surface area (Å²) in [5, 5.41) is 2.71. The van der Waals surface area contributed by atoms with E-state index in [1.54, 1.807) is 16.2 Å². The van der Waals surface area contributed by atoms with E-state index in [2.05, 4.69) is 107 Å². The average Bonchev–Trinajstić information content (AvgIpc) is 3.56. The Morgan fingerprint density at radius 2 is 1.21 bits per heavy atom. The highest BCUT2D eigenvalue weighted by Crippen LogP contribution is 2.38. The van der Waals surface area contributed by atoms with Gasteiger partial charge >= 0.3 is 0 Å². The van der Waals surface area contributed by atoms with Gasteiger partial charge in [-0.15, -0.1) is 11.3 Å². The molecule has 0 spiro atoms. The molecule has 0 radical (unpaired) electrons. The molecule has 192 valence electrons. The smallest absolute Gasteiger partial charge is 0.270 e. The van der Waals surface area contributed by atoms with Crippen LogP contribution in [0.5, 0.6) is 0 Å². The van der Waals surface area contributed by atoms with Gasteiger partial charge in [0.2, 0.25) is 0 Å². The number of para-hydroxylation sites is 2. The first-order valence-electron chi connectivity index (χ1n) is 12.8. The molecular formula is C33H28N4OS. The van der Waals surface area contributed by atoms with Gasteiger partial charge in [0.1, 0.15) is 5.70 Å². The standard InChI is InChI=1S/C33H28N4OS/c1-36-29(32(38)35-33(36)34)22-23-12-14-24(15-13-23)30-20-21-31(39-30)25-16-18-28(19-17-25)37(26-8-4-2-5-9-26)27-10-6-3-7-11-27/h2-22,33H,34H2,1H3,(H,35,38)/b29-22-. The van der Waals surface area contributed by atoms with Crippen molar-refractivity contribution >= 4 is 40.4 Å². The van der Waals surface area contributed by atoms with Gasteiger partial charge in [0.15, 0.2) is 6.29 Å². The number of likely N-dealkylation sites (N-methyl/N-ethyl adjacent to an activating group) is 1. The highest BCUT2D eigenvalue weighted by atomic mass is 32.1. The number of nitrogens with two attached hydrogens (primary N) is 1. The molecule has 39 heavy (non-hydrogen) atoms. The van der Waals surface area contributed by atoms with Gasteiger partial charge in [0, 0.05) is 33.9 Å². The van der Waals surface area contributed by atoms with E-state index in [-0.39, 0.29) is 5.91 Å². The van der Waals surface area contributed by atoms with Crippen molar-refractivity contribution < 1.29 is 4.79 Å². The summed E-state index contributed by atoms with van der Waals surface area (Å²) in [4.78, 5) is 18.5. The lowest BCUT2D eigenvalue weighted by Crippen LogP contribution is -2.41. The Hall–Kier alpha value is -4.65. The minimum atomic E-state index is -0.485. The Morgan fingerprint density at radius 3 is 1.69 bits per heavy atom. The van der Waals surface area contributed by atoms with Crippen molar-refractivity contribution in [3.8, 4) is 20.9 Å². The van der Waals surface area contributed by atoms with Crippen LogP contribution in [0.4, 0.5) is 17.1 Å². The van der Waals surface area contributed by atoms with Crippen LogP contribution in [0.2, 0.25) is 0 Å². The maximum absolute atomic E-state index is 12.1. The molecule has 1 unspecified atom stereocenters. The van der Waals surface area contributed by atoms with Crippen LogP contribution in [-0.4, -0.2) is 24.1 Å². The topological polar surface area (TPSA) is 61.6 Å². The number of nitrogens with zero attached hydrogens (tertiary/aromatic N) is 2. The summed E-state index contributed by atoms with van der Waals surface area (Å²) in [6, 6.07) is 42.2. The highest BCUT2D eigenvalue weighted by Gasteiger charge is 2.28. The van der Waals surface area contributed by atoms with Crippen LogP contribution in [0.25, 0.3) is 27.0 Å². The molecule has 3 N–H and O–H groups in total. The van der Waals surface area contributed by atoms with Gasteiger partial charge in [-0.25, -0.2) is 0 Å². The molecule has 1 aliphatic rings. The summed E-state index contributed by atoms with van der Waals surface area (Å²) in [6.45, 7) is 0. The molecule has 1 atom stereocenters. The summed E-state index contributed by atoms with van der Waals surface area (Å²) in [5.74, 6) is -0.154. The van der Waals surface area contributed by atoms with Gasteiger partial charge in [-0.3, -0.25) is 10.5 Å². The lowest BCUT2D eigenvalue weighted by atomic mass is 10.1. The third-order valence-electron chi connectivity index (χ3n) is 6.85. The van der Waals surface area contributed by atoms with E-state index < -0.39 is 6.29 Å². The fourth-order valence-electron chi connectivity index (χ4n) is 4.71. The molecule has 1 aromatic heterocycles. The van der Waals surface area contributed by atoms with Crippen molar-refractivity contribution in [1.29, 1.82) is 0 Å². The van der Waals surface area contributed by atoms with E-state index in [1.165, 1.54) is 15.3 Å². The van der Waals surface area contributed by atoms with Crippen LogP contribution in [-0.2, 0) is 4.79 Å². The molecular weight excluding hydrogens is 500 g/mol. The Kier molecular flexibility index (Phi) is 6.71. The molecule has 6 heteroatoms. The number of nitrogens with one attached hydrogen (secondary N) is 1. The molecule has 4 aromatic carbocycles. The number of thiophene rings is 1. The van der Waals surface area contributed by atoms with Crippen molar-refractivity contribution in [3.05, 3.63) is 133 Å². The first kappa shape index (κ1) is 24.7. The van der Waals surface area contributed by atoms with Crippen LogP contribution in [0.3, 0.4) is 0 Å². The van der Waals surface area contributed by atoms with E-state index in [0.29, 0.717) is 5.70 Å². The second kappa shape index (κ2) is 10.6. The van der Waals surface area contributed by atoms with E-state index in [4.69, 9.17) is 5.73 Å². The third kappa shape index (κ3) is 5.08. The Morgan fingerprint density at radius 1 is 0.718 bits per heavy atom. The minimum absolute atomic E-state index is 0.154. The zero-order valence-corrected chi connectivity index (χ0v) is 22.3. The number of amides is 1. The number of hydrogen-bond acceptors (Lipinski definition) is 5. The second-order valence-corrected chi connectivity index (χ2v) is 10.5. The molecule has 2 heterocycles. The Bertz CT molecular complexity index is 1570. The monoisotopic (exact) mass is 528 g/mol. The van der Waals surface area contributed by atoms with Gasteiger partial charge in [-0.1, -0.05) is 72.8 Å².